The number of carboxylic acid groups (broad SMARTS) is 1. The molecule has 1 N–H and O–H groups in total. The maximum Gasteiger partial charge on any atom is 0.336 e. The van der Waals surface area contributed by atoms with E-state index in [-0.39, 0.29) is 29.8 Å². The molecular formula is C24H27NO4. The first-order valence-electron chi connectivity index (χ1n) is 10.4. The molecule has 0 radical (unpaired) electrons. The highest BCUT2D eigenvalue weighted by molar-refractivity contribution is 5.89. The van der Waals surface area contributed by atoms with Gasteiger partial charge in [0.15, 0.2) is 0 Å². The van der Waals surface area contributed by atoms with Gasteiger partial charge >= 0.3 is 5.97 Å². The van der Waals surface area contributed by atoms with Gasteiger partial charge in [-0.25, -0.2) is 4.79 Å². The lowest BCUT2D eigenvalue weighted by Crippen LogP contribution is -2.53. The number of nitrogens with zero attached hydrogens (tertiary/aromatic N) is 1. The third-order valence-electron chi connectivity index (χ3n) is 6.89. The van der Waals surface area contributed by atoms with Crippen molar-refractivity contribution in [2.24, 2.45) is 5.92 Å². The van der Waals surface area contributed by atoms with Crippen LogP contribution in [0.3, 0.4) is 0 Å². The number of fused-ring (bicyclic) bond motifs is 4. The van der Waals surface area contributed by atoms with Crippen molar-refractivity contribution in [3.8, 4) is 5.75 Å². The van der Waals surface area contributed by atoms with Crippen LogP contribution in [0.25, 0.3) is 0 Å². The first-order valence-corrected chi connectivity index (χ1v) is 10.4. The summed E-state index contributed by atoms with van der Waals surface area (Å²) < 4.78 is 13.0. The van der Waals surface area contributed by atoms with Crippen LogP contribution in [0.2, 0.25) is 0 Å². The van der Waals surface area contributed by atoms with Crippen molar-refractivity contribution in [2.45, 2.75) is 57.1 Å². The van der Waals surface area contributed by atoms with E-state index in [0.717, 1.165) is 36.3 Å². The minimum Gasteiger partial charge on any atom is -0.487 e. The number of aromatic carboxylic acids is 1. The zero-order valence-corrected chi connectivity index (χ0v) is 16.9. The van der Waals surface area contributed by atoms with Crippen LogP contribution in [-0.4, -0.2) is 40.3 Å². The summed E-state index contributed by atoms with van der Waals surface area (Å²) in [6.07, 6.45) is 2.20. The van der Waals surface area contributed by atoms with Gasteiger partial charge in [0, 0.05) is 30.6 Å². The fraction of sp³-hybridized carbons (Fsp3) is 0.458. The van der Waals surface area contributed by atoms with Crippen molar-refractivity contribution in [3.63, 3.8) is 0 Å². The van der Waals surface area contributed by atoms with Crippen LogP contribution in [0.4, 0.5) is 0 Å². The third kappa shape index (κ3) is 3.13. The minimum atomic E-state index is -0.866. The van der Waals surface area contributed by atoms with E-state index in [1.807, 2.05) is 24.3 Å². The zero-order chi connectivity index (χ0) is 20.2. The fourth-order valence-corrected chi connectivity index (χ4v) is 5.40. The van der Waals surface area contributed by atoms with E-state index in [1.54, 1.807) is 12.1 Å². The van der Waals surface area contributed by atoms with E-state index in [2.05, 4.69) is 30.9 Å². The summed E-state index contributed by atoms with van der Waals surface area (Å²) in [6, 6.07) is 15.8. The quantitative estimate of drug-likeness (QED) is 0.844. The molecule has 0 unspecified atom stereocenters. The van der Waals surface area contributed by atoms with Gasteiger partial charge in [-0.2, -0.15) is 0 Å². The highest BCUT2D eigenvalue weighted by atomic mass is 16.5. The summed E-state index contributed by atoms with van der Waals surface area (Å²) >= 11 is 0. The SMILES string of the molecule is CC1(C)Oc2ccccc2[C@H]2O[C@H]3CCN(Cc4ccccc4C(=O)O)[C@@H]3C[C@@H]21. The molecule has 3 aliphatic rings. The molecule has 3 aliphatic heterocycles. The number of hydrogen-bond acceptors (Lipinski definition) is 4. The fourth-order valence-electron chi connectivity index (χ4n) is 5.40. The minimum absolute atomic E-state index is 0.0578. The number of carboxylic acids is 1. The molecule has 0 spiro atoms. The number of para-hydroxylation sites is 1. The maximum absolute atomic E-state index is 11.6. The van der Waals surface area contributed by atoms with Crippen molar-refractivity contribution in [1.82, 2.24) is 4.90 Å². The molecule has 5 heteroatoms. The largest absolute Gasteiger partial charge is 0.487 e. The summed E-state index contributed by atoms with van der Waals surface area (Å²) in [5.74, 6) is 0.325. The van der Waals surface area contributed by atoms with Gasteiger partial charge in [-0.05, 0) is 44.4 Å². The van der Waals surface area contributed by atoms with Crippen LogP contribution in [0.1, 0.15) is 54.3 Å². The predicted octanol–water partition coefficient (Wildman–Crippen LogP) is 4.28. The Kier molecular flexibility index (Phi) is 4.41. The summed E-state index contributed by atoms with van der Waals surface area (Å²) in [5, 5.41) is 9.53. The highest BCUT2D eigenvalue weighted by Gasteiger charge is 2.52. The van der Waals surface area contributed by atoms with E-state index in [1.165, 1.54) is 0 Å². The average molecular weight is 393 g/mol. The molecular weight excluding hydrogens is 366 g/mol. The first-order chi connectivity index (χ1) is 13.9. The third-order valence-corrected chi connectivity index (χ3v) is 6.89. The Bertz CT molecular complexity index is 940. The van der Waals surface area contributed by atoms with E-state index in [4.69, 9.17) is 9.47 Å². The van der Waals surface area contributed by atoms with Gasteiger partial charge in [-0.15, -0.1) is 0 Å². The van der Waals surface area contributed by atoms with Gasteiger partial charge < -0.3 is 14.6 Å². The molecule has 2 fully saturated rings. The summed E-state index contributed by atoms with van der Waals surface area (Å²) in [4.78, 5) is 14.0. The zero-order valence-electron chi connectivity index (χ0n) is 16.9. The molecule has 0 bridgehead atoms. The first kappa shape index (κ1) is 18.6. The van der Waals surface area contributed by atoms with Gasteiger partial charge in [-0.3, -0.25) is 4.90 Å². The molecule has 0 aromatic heterocycles. The molecule has 0 aliphatic carbocycles. The van der Waals surface area contributed by atoms with Crippen LogP contribution in [0.5, 0.6) is 5.75 Å². The Morgan fingerprint density at radius 2 is 1.93 bits per heavy atom. The van der Waals surface area contributed by atoms with E-state index in [0.29, 0.717) is 12.1 Å². The number of ether oxygens (including phenoxy) is 2. The van der Waals surface area contributed by atoms with E-state index in [9.17, 15) is 9.90 Å². The Labute approximate surface area is 171 Å². The number of carbonyl (C=O) groups is 1. The molecule has 0 saturated carbocycles. The Morgan fingerprint density at radius 3 is 2.76 bits per heavy atom. The number of benzene rings is 2. The van der Waals surface area contributed by atoms with Crippen LogP contribution >= 0.6 is 0 Å². The molecule has 29 heavy (non-hydrogen) atoms. The van der Waals surface area contributed by atoms with Gasteiger partial charge in [0.25, 0.3) is 0 Å². The van der Waals surface area contributed by atoms with Crippen LogP contribution in [0.15, 0.2) is 48.5 Å². The summed E-state index contributed by atoms with van der Waals surface area (Å²) in [7, 11) is 0. The van der Waals surface area contributed by atoms with Gasteiger partial charge in [-0.1, -0.05) is 36.4 Å². The van der Waals surface area contributed by atoms with Crippen molar-refractivity contribution < 1.29 is 19.4 Å². The number of likely N-dealkylation sites (tertiary alicyclic amines) is 1. The van der Waals surface area contributed by atoms with Crippen molar-refractivity contribution in [2.75, 3.05) is 6.54 Å². The predicted molar refractivity (Wildman–Crippen MR) is 109 cm³/mol. The Hall–Kier alpha value is -2.37. The lowest BCUT2D eigenvalue weighted by molar-refractivity contribution is -0.162. The molecule has 3 heterocycles. The Morgan fingerprint density at radius 1 is 1.17 bits per heavy atom. The second kappa shape index (κ2) is 6.85. The normalized spacial score (nSPS) is 30.0. The molecule has 5 rings (SSSR count). The van der Waals surface area contributed by atoms with Gasteiger partial charge in [0.05, 0.1) is 17.8 Å². The van der Waals surface area contributed by atoms with Crippen LogP contribution in [-0.2, 0) is 11.3 Å². The molecule has 2 aromatic carbocycles. The molecule has 2 saturated heterocycles. The topological polar surface area (TPSA) is 59.0 Å². The van der Waals surface area contributed by atoms with Crippen LogP contribution < -0.4 is 4.74 Å². The lowest BCUT2D eigenvalue weighted by atomic mass is 9.74. The van der Waals surface area contributed by atoms with Gasteiger partial charge in [0.2, 0.25) is 0 Å². The Balaban J connectivity index is 1.41. The van der Waals surface area contributed by atoms with E-state index < -0.39 is 5.97 Å². The molecule has 4 atom stereocenters. The lowest BCUT2D eigenvalue weighted by Gasteiger charge is -2.50. The van der Waals surface area contributed by atoms with Crippen molar-refractivity contribution in [3.05, 3.63) is 65.2 Å². The van der Waals surface area contributed by atoms with Crippen LogP contribution in [0, 0.1) is 5.92 Å². The second-order valence-electron chi connectivity index (χ2n) is 8.97. The maximum atomic E-state index is 11.6. The van der Waals surface area contributed by atoms with Gasteiger partial charge in [0.1, 0.15) is 11.4 Å². The number of hydrogen-bond donors (Lipinski definition) is 1. The second-order valence-corrected chi connectivity index (χ2v) is 8.97. The van der Waals surface area contributed by atoms with Crippen molar-refractivity contribution in [1.29, 1.82) is 0 Å². The summed E-state index contributed by atoms with van der Waals surface area (Å²) in [6.45, 7) is 5.88. The molecule has 5 nitrogen and oxygen atoms in total. The van der Waals surface area contributed by atoms with Crippen molar-refractivity contribution >= 4 is 5.97 Å². The molecule has 0 amide bonds. The standard InChI is InChI=1S/C24H27NO4/c1-24(2)18-13-19-21(28-22(18)17-9-5-6-10-20(17)29-24)11-12-25(19)14-15-7-3-4-8-16(15)23(26)27/h3-10,18-19,21-22H,11-14H2,1-2H3,(H,26,27)/t18-,19+,21-,22+/m0/s1. The highest BCUT2D eigenvalue weighted by Crippen LogP contribution is 2.52. The summed E-state index contributed by atoms with van der Waals surface area (Å²) in [5.41, 5.74) is 2.11. The molecule has 152 valence electrons. The monoisotopic (exact) mass is 393 g/mol. The average Bonchev–Trinajstić information content (AvgIpc) is 3.09. The van der Waals surface area contributed by atoms with E-state index >= 15 is 0 Å². The number of rotatable bonds is 3. The smallest absolute Gasteiger partial charge is 0.336 e. The molecule has 2 aromatic rings.